The van der Waals surface area contributed by atoms with Crippen LogP contribution in [-0.2, 0) is 6.18 Å². The summed E-state index contributed by atoms with van der Waals surface area (Å²) in [6.07, 6.45) is -4.45. The average molecular weight is 459 g/mol. The summed E-state index contributed by atoms with van der Waals surface area (Å²) in [6.45, 7) is 3.53. The standard InChI is InChI=1S/C23H21F4N5O/c1-15-12-20(30-21(28-15)16-4-2-5-17(13-16)23(25,26)27)31-8-10-32(11-9-31)22(33)29-19-7-3-6-18(24)14-19/h2-7,12-14H,8-11H2,1H3,(H,29,33). The summed E-state index contributed by atoms with van der Waals surface area (Å²) in [7, 11) is 0. The molecular weight excluding hydrogens is 438 g/mol. The van der Waals surface area contributed by atoms with E-state index in [-0.39, 0.29) is 17.4 Å². The highest BCUT2D eigenvalue weighted by atomic mass is 19.4. The lowest BCUT2D eigenvalue weighted by Gasteiger charge is -2.35. The Balaban J connectivity index is 1.46. The fourth-order valence-corrected chi connectivity index (χ4v) is 3.59. The molecule has 1 aromatic heterocycles. The molecule has 33 heavy (non-hydrogen) atoms. The molecule has 10 heteroatoms. The monoisotopic (exact) mass is 459 g/mol. The number of carbonyl (C=O) groups is 1. The molecular formula is C23H21F4N5O. The molecule has 1 aliphatic heterocycles. The Morgan fingerprint density at radius 3 is 2.39 bits per heavy atom. The van der Waals surface area contributed by atoms with E-state index in [1.54, 1.807) is 30.0 Å². The molecule has 2 amide bonds. The van der Waals surface area contributed by atoms with Crippen molar-refractivity contribution in [1.82, 2.24) is 14.9 Å². The van der Waals surface area contributed by atoms with Crippen LogP contribution in [0.15, 0.2) is 54.6 Å². The van der Waals surface area contributed by atoms with Gasteiger partial charge in [0.2, 0.25) is 0 Å². The number of hydrogen-bond acceptors (Lipinski definition) is 4. The Bertz CT molecular complexity index is 1160. The van der Waals surface area contributed by atoms with Crippen LogP contribution in [-0.4, -0.2) is 47.1 Å². The van der Waals surface area contributed by atoms with E-state index in [9.17, 15) is 22.4 Å². The Morgan fingerprint density at radius 1 is 0.970 bits per heavy atom. The molecule has 0 unspecified atom stereocenters. The van der Waals surface area contributed by atoms with E-state index in [1.807, 2.05) is 4.90 Å². The number of alkyl halides is 3. The van der Waals surface area contributed by atoms with E-state index in [4.69, 9.17) is 0 Å². The molecule has 0 bridgehead atoms. The average Bonchev–Trinajstić information content (AvgIpc) is 2.78. The van der Waals surface area contributed by atoms with Gasteiger partial charge in [-0.25, -0.2) is 19.2 Å². The lowest BCUT2D eigenvalue weighted by Crippen LogP contribution is -2.50. The number of nitrogens with one attached hydrogen (secondary N) is 1. The number of anilines is 2. The lowest BCUT2D eigenvalue weighted by molar-refractivity contribution is -0.137. The van der Waals surface area contributed by atoms with Gasteiger partial charge >= 0.3 is 12.2 Å². The summed E-state index contributed by atoms with van der Waals surface area (Å²) in [5.74, 6) is 0.357. The number of rotatable bonds is 3. The number of benzene rings is 2. The molecule has 1 aliphatic rings. The quantitative estimate of drug-likeness (QED) is 0.563. The SMILES string of the molecule is Cc1cc(N2CCN(C(=O)Nc3cccc(F)c3)CC2)nc(-c2cccc(C(F)(F)F)c2)n1. The van der Waals surface area contributed by atoms with Crippen molar-refractivity contribution in [3.63, 3.8) is 0 Å². The predicted octanol–water partition coefficient (Wildman–Crippen LogP) is 4.96. The van der Waals surface area contributed by atoms with E-state index < -0.39 is 17.6 Å². The third-order valence-corrected chi connectivity index (χ3v) is 5.26. The topological polar surface area (TPSA) is 61.4 Å². The minimum absolute atomic E-state index is 0.211. The third-order valence-electron chi connectivity index (χ3n) is 5.26. The van der Waals surface area contributed by atoms with E-state index in [2.05, 4.69) is 15.3 Å². The second kappa shape index (κ2) is 9.05. The summed E-state index contributed by atoms with van der Waals surface area (Å²) in [4.78, 5) is 24.8. The molecule has 1 N–H and O–H groups in total. The number of piperazine rings is 1. The number of aromatic nitrogens is 2. The summed E-state index contributed by atoms with van der Waals surface area (Å²) < 4.78 is 52.6. The van der Waals surface area contributed by atoms with Crippen molar-refractivity contribution in [2.75, 3.05) is 36.4 Å². The first-order chi connectivity index (χ1) is 15.7. The molecule has 1 saturated heterocycles. The highest BCUT2D eigenvalue weighted by molar-refractivity contribution is 5.89. The predicted molar refractivity (Wildman–Crippen MR) is 116 cm³/mol. The maximum Gasteiger partial charge on any atom is 0.416 e. The number of urea groups is 1. The largest absolute Gasteiger partial charge is 0.416 e. The first-order valence-corrected chi connectivity index (χ1v) is 10.3. The molecule has 1 fully saturated rings. The number of amides is 2. The van der Waals surface area contributed by atoms with Crippen molar-refractivity contribution >= 4 is 17.5 Å². The Kier molecular flexibility index (Phi) is 6.17. The molecule has 2 heterocycles. The molecule has 3 aromatic rings. The number of hydrogen-bond donors (Lipinski definition) is 1. The van der Waals surface area contributed by atoms with E-state index >= 15 is 0 Å². The highest BCUT2D eigenvalue weighted by Crippen LogP contribution is 2.32. The van der Waals surface area contributed by atoms with Crippen molar-refractivity contribution in [3.05, 3.63) is 71.7 Å². The van der Waals surface area contributed by atoms with Gasteiger partial charge in [-0.05, 0) is 37.3 Å². The van der Waals surface area contributed by atoms with Gasteiger partial charge in [0.25, 0.3) is 0 Å². The van der Waals surface area contributed by atoms with Gasteiger partial charge in [0, 0.05) is 49.2 Å². The van der Waals surface area contributed by atoms with Crippen LogP contribution in [0.2, 0.25) is 0 Å². The molecule has 0 saturated carbocycles. The molecule has 4 rings (SSSR count). The molecule has 0 radical (unpaired) electrons. The van der Waals surface area contributed by atoms with Crippen molar-refractivity contribution in [2.24, 2.45) is 0 Å². The van der Waals surface area contributed by atoms with Gasteiger partial charge in [0.15, 0.2) is 5.82 Å². The summed E-state index contributed by atoms with van der Waals surface area (Å²) in [6, 6.07) is 12.0. The Morgan fingerprint density at radius 2 is 1.70 bits per heavy atom. The van der Waals surface area contributed by atoms with Gasteiger partial charge in [-0.15, -0.1) is 0 Å². The second-order valence-electron chi connectivity index (χ2n) is 7.68. The van der Waals surface area contributed by atoms with E-state index in [1.165, 1.54) is 24.3 Å². The molecule has 2 aromatic carbocycles. The first kappa shape index (κ1) is 22.5. The lowest BCUT2D eigenvalue weighted by atomic mass is 10.1. The Hall–Kier alpha value is -3.69. The van der Waals surface area contributed by atoms with Crippen molar-refractivity contribution < 1.29 is 22.4 Å². The van der Waals surface area contributed by atoms with Crippen molar-refractivity contribution in [1.29, 1.82) is 0 Å². The molecule has 6 nitrogen and oxygen atoms in total. The van der Waals surface area contributed by atoms with Crippen LogP contribution in [0.4, 0.5) is 33.9 Å². The van der Waals surface area contributed by atoms with E-state index in [0.29, 0.717) is 43.4 Å². The third kappa shape index (κ3) is 5.39. The normalized spacial score (nSPS) is 14.3. The molecule has 0 atom stereocenters. The minimum atomic E-state index is -4.45. The molecule has 172 valence electrons. The maximum atomic E-state index is 13.3. The number of halogens is 4. The highest BCUT2D eigenvalue weighted by Gasteiger charge is 2.31. The van der Waals surface area contributed by atoms with Crippen LogP contribution in [0.25, 0.3) is 11.4 Å². The summed E-state index contributed by atoms with van der Waals surface area (Å²) in [5, 5.41) is 2.68. The Labute approximate surface area is 187 Å². The van der Waals surface area contributed by atoms with Crippen LogP contribution < -0.4 is 10.2 Å². The maximum absolute atomic E-state index is 13.3. The van der Waals surface area contributed by atoms with Gasteiger partial charge in [0.1, 0.15) is 11.6 Å². The zero-order valence-corrected chi connectivity index (χ0v) is 17.7. The first-order valence-electron chi connectivity index (χ1n) is 10.3. The van der Waals surface area contributed by atoms with Crippen LogP contribution in [0.3, 0.4) is 0 Å². The van der Waals surface area contributed by atoms with Gasteiger partial charge in [0.05, 0.1) is 5.56 Å². The second-order valence-corrected chi connectivity index (χ2v) is 7.68. The molecule has 0 spiro atoms. The van der Waals surface area contributed by atoms with Gasteiger partial charge in [-0.3, -0.25) is 0 Å². The smallest absolute Gasteiger partial charge is 0.353 e. The number of nitrogens with zero attached hydrogens (tertiary/aromatic N) is 4. The van der Waals surface area contributed by atoms with Gasteiger partial charge in [-0.1, -0.05) is 18.2 Å². The molecule has 0 aliphatic carbocycles. The fraction of sp³-hybridized carbons (Fsp3) is 0.261. The zero-order valence-electron chi connectivity index (χ0n) is 17.7. The van der Waals surface area contributed by atoms with Gasteiger partial charge < -0.3 is 15.1 Å². The van der Waals surface area contributed by atoms with Crippen molar-refractivity contribution in [3.8, 4) is 11.4 Å². The van der Waals surface area contributed by atoms with Gasteiger partial charge in [-0.2, -0.15) is 13.2 Å². The number of carbonyl (C=O) groups excluding carboxylic acids is 1. The van der Waals surface area contributed by atoms with Crippen molar-refractivity contribution in [2.45, 2.75) is 13.1 Å². The van der Waals surface area contributed by atoms with Crippen LogP contribution in [0, 0.1) is 12.7 Å². The zero-order chi connectivity index (χ0) is 23.6. The van der Waals surface area contributed by atoms with Crippen LogP contribution in [0.1, 0.15) is 11.3 Å². The fourth-order valence-electron chi connectivity index (χ4n) is 3.59. The summed E-state index contributed by atoms with van der Waals surface area (Å²) in [5.41, 5.74) is 0.519. The van der Waals surface area contributed by atoms with Crippen LogP contribution in [0.5, 0.6) is 0 Å². The summed E-state index contributed by atoms with van der Waals surface area (Å²) >= 11 is 0. The number of aryl methyl sites for hydroxylation is 1. The van der Waals surface area contributed by atoms with E-state index in [0.717, 1.165) is 12.1 Å². The minimum Gasteiger partial charge on any atom is -0.353 e. The van der Waals surface area contributed by atoms with Crippen LogP contribution >= 0.6 is 0 Å².